The molecule has 3 atom stereocenters. The molecule has 0 spiro atoms. The summed E-state index contributed by atoms with van der Waals surface area (Å²) in [7, 11) is 0. The molecule has 4 heteroatoms. The Bertz CT molecular complexity index is 1410. The molecule has 0 saturated heterocycles. The van der Waals surface area contributed by atoms with E-state index in [1.54, 1.807) is 19.1 Å². The molecule has 0 aliphatic rings. The zero-order chi connectivity index (χ0) is 33.2. The molecule has 0 aromatic heterocycles. The van der Waals surface area contributed by atoms with Crippen LogP contribution in [-0.4, -0.2) is 10.2 Å². The molecule has 0 amide bonds. The lowest BCUT2D eigenvalue weighted by molar-refractivity contribution is 0.217. The van der Waals surface area contributed by atoms with Gasteiger partial charge in [0.2, 0.25) is 0 Å². The molecule has 3 rings (SSSR count). The minimum atomic E-state index is -0.687. The van der Waals surface area contributed by atoms with E-state index in [1.165, 1.54) is 22.3 Å². The minimum Gasteiger partial charge on any atom is -0.402 e. The fraction of sp³-hybridized carbons (Fsp3) is 0.250. The van der Waals surface area contributed by atoms with Crippen molar-refractivity contribution < 1.29 is 10.2 Å². The van der Waals surface area contributed by atoms with Crippen LogP contribution in [0.15, 0.2) is 145 Å². The van der Waals surface area contributed by atoms with Gasteiger partial charge in [-0.3, -0.25) is 0 Å². The second-order valence-corrected chi connectivity index (χ2v) is 10.8. The third kappa shape index (κ3) is 12.5. The van der Waals surface area contributed by atoms with E-state index in [4.69, 9.17) is 11.5 Å². The number of benzene rings is 3. The maximum atomic E-state index is 10.0. The Labute approximate surface area is 266 Å². The van der Waals surface area contributed by atoms with Gasteiger partial charge in [0.1, 0.15) is 12.2 Å². The van der Waals surface area contributed by atoms with Gasteiger partial charge in [-0.2, -0.15) is 0 Å². The summed E-state index contributed by atoms with van der Waals surface area (Å²) in [6.07, 6.45) is 9.33. The van der Waals surface area contributed by atoms with Crippen LogP contribution in [0.25, 0.3) is 0 Å². The molecule has 0 radical (unpaired) electrons. The van der Waals surface area contributed by atoms with Crippen LogP contribution in [0, 0.1) is 20.8 Å². The van der Waals surface area contributed by atoms with Gasteiger partial charge >= 0.3 is 0 Å². The Morgan fingerprint density at radius 2 is 1.14 bits per heavy atom. The number of aliphatic hydroxyl groups excluding tert-OH is 2. The van der Waals surface area contributed by atoms with Crippen LogP contribution in [0.2, 0.25) is 0 Å². The molecule has 4 nitrogen and oxygen atoms in total. The standard InChI is InChI=1S/C14H18.2C13H17NO/c1-4-6-13(7-5-2)14-10-8-12(3)9-11-14;2*1-4-12(10(3)14)13(15)11-7-5-9(2)6-8-11/h4-5,7-11,13H,1,6H2,2-3H3;4-8,13,15H,3,14H2,1-2H3;4-8,13,15H,1,14H2,2-3H3/b7-5+;12-4+;12-10-. The Kier molecular flexibility index (Phi) is 16.9. The fourth-order valence-corrected chi connectivity index (χ4v) is 4.42. The van der Waals surface area contributed by atoms with Gasteiger partial charge in [-0.05, 0) is 64.7 Å². The molecule has 0 saturated carbocycles. The first-order valence-electron chi connectivity index (χ1n) is 14.9. The summed E-state index contributed by atoms with van der Waals surface area (Å²) >= 11 is 0. The Balaban J connectivity index is 0.000000330. The van der Waals surface area contributed by atoms with E-state index in [-0.39, 0.29) is 0 Å². The lowest BCUT2D eigenvalue weighted by Gasteiger charge is -2.15. The van der Waals surface area contributed by atoms with Gasteiger partial charge < -0.3 is 21.7 Å². The average molecular weight is 593 g/mol. The summed E-state index contributed by atoms with van der Waals surface area (Å²) < 4.78 is 0. The van der Waals surface area contributed by atoms with E-state index in [0.29, 0.717) is 28.5 Å². The predicted molar refractivity (Wildman–Crippen MR) is 190 cm³/mol. The monoisotopic (exact) mass is 592 g/mol. The summed E-state index contributed by atoms with van der Waals surface area (Å²) in [5.41, 5.74) is 20.3. The molecule has 234 valence electrons. The van der Waals surface area contributed by atoms with Crippen LogP contribution in [0.3, 0.4) is 0 Å². The molecule has 3 unspecified atom stereocenters. The van der Waals surface area contributed by atoms with Crippen LogP contribution in [0.1, 0.15) is 78.7 Å². The number of nitrogens with two attached hydrogens (primary N) is 2. The zero-order valence-electron chi connectivity index (χ0n) is 27.4. The minimum absolute atomic E-state index is 0.408. The molecule has 0 fully saturated rings. The number of allylic oxidation sites excluding steroid dienone is 5. The normalized spacial score (nSPS) is 13.7. The van der Waals surface area contributed by atoms with Crippen LogP contribution < -0.4 is 11.5 Å². The van der Waals surface area contributed by atoms with Crippen molar-refractivity contribution in [2.45, 2.75) is 66.1 Å². The molecule has 0 bridgehead atoms. The van der Waals surface area contributed by atoms with Crippen LogP contribution >= 0.6 is 0 Å². The highest BCUT2D eigenvalue weighted by Crippen LogP contribution is 2.25. The first-order chi connectivity index (χ1) is 20.9. The largest absolute Gasteiger partial charge is 0.402 e. The van der Waals surface area contributed by atoms with Crippen molar-refractivity contribution in [2.75, 3.05) is 0 Å². The van der Waals surface area contributed by atoms with Crippen LogP contribution in [0.4, 0.5) is 0 Å². The molecular weight excluding hydrogens is 540 g/mol. The van der Waals surface area contributed by atoms with Crippen molar-refractivity contribution in [1.29, 1.82) is 0 Å². The van der Waals surface area contributed by atoms with Gasteiger partial charge in [-0.1, -0.05) is 133 Å². The van der Waals surface area contributed by atoms with Gasteiger partial charge in [0, 0.05) is 28.5 Å². The number of aryl methyl sites for hydroxylation is 3. The second kappa shape index (κ2) is 19.7. The quantitative estimate of drug-likeness (QED) is 0.140. The molecule has 6 N–H and O–H groups in total. The SMILES string of the molecule is C=C(N)/C(=C\C)C(O)c1ccc(C)cc1.C=C/C(=C(\C)N)C(O)c1ccc(C)cc1.C=CCC(/C=C/C)c1ccc(C)cc1. The van der Waals surface area contributed by atoms with Crippen LogP contribution in [-0.2, 0) is 0 Å². The van der Waals surface area contributed by atoms with E-state index >= 15 is 0 Å². The van der Waals surface area contributed by atoms with Gasteiger partial charge in [0.05, 0.1) is 0 Å². The Morgan fingerprint density at radius 1 is 0.727 bits per heavy atom. The lowest BCUT2D eigenvalue weighted by atomic mass is 9.94. The number of hydrogen-bond acceptors (Lipinski definition) is 4. The van der Waals surface area contributed by atoms with Gasteiger partial charge in [0.25, 0.3) is 0 Å². The zero-order valence-corrected chi connectivity index (χ0v) is 27.4. The summed E-state index contributed by atoms with van der Waals surface area (Å²) in [5.74, 6) is 0.484. The first kappa shape index (κ1) is 37.6. The summed E-state index contributed by atoms with van der Waals surface area (Å²) in [5, 5.41) is 20.1. The highest BCUT2D eigenvalue weighted by molar-refractivity contribution is 5.37. The topological polar surface area (TPSA) is 92.5 Å². The van der Waals surface area contributed by atoms with Crippen molar-refractivity contribution >= 4 is 0 Å². The molecule has 0 heterocycles. The number of aliphatic hydroxyl groups is 2. The van der Waals surface area contributed by atoms with Gasteiger partial charge in [0.15, 0.2) is 0 Å². The molecule has 3 aromatic rings. The highest BCUT2D eigenvalue weighted by atomic mass is 16.3. The summed E-state index contributed by atoms with van der Waals surface area (Å²) in [6, 6.07) is 24.2. The van der Waals surface area contributed by atoms with Crippen LogP contribution in [0.5, 0.6) is 0 Å². The smallest absolute Gasteiger partial charge is 0.106 e. The van der Waals surface area contributed by atoms with Gasteiger partial charge in [-0.25, -0.2) is 0 Å². The highest BCUT2D eigenvalue weighted by Gasteiger charge is 2.13. The first-order valence-corrected chi connectivity index (χ1v) is 14.9. The lowest BCUT2D eigenvalue weighted by Crippen LogP contribution is -2.08. The molecular formula is C40H52N2O2. The maximum absolute atomic E-state index is 10.0. The Morgan fingerprint density at radius 3 is 1.45 bits per heavy atom. The third-order valence-corrected chi connectivity index (χ3v) is 7.08. The van der Waals surface area contributed by atoms with Crippen molar-refractivity contribution in [1.82, 2.24) is 0 Å². The summed E-state index contributed by atoms with van der Waals surface area (Å²) in [4.78, 5) is 0. The van der Waals surface area contributed by atoms with Gasteiger partial charge in [-0.15, -0.1) is 6.58 Å². The maximum Gasteiger partial charge on any atom is 0.106 e. The molecule has 0 aliphatic heterocycles. The number of hydrogen-bond donors (Lipinski definition) is 4. The average Bonchev–Trinajstić information content (AvgIpc) is 2.99. The molecule has 0 aliphatic carbocycles. The van der Waals surface area contributed by atoms with E-state index in [1.807, 2.05) is 75.4 Å². The van der Waals surface area contributed by atoms with E-state index < -0.39 is 12.2 Å². The van der Waals surface area contributed by atoms with Crippen molar-refractivity contribution in [3.05, 3.63) is 179 Å². The van der Waals surface area contributed by atoms with Crippen molar-refractivity contribution in [3.63, 3.8) is 0 Å². The van der Waals surface area contributed by atoms with Crippen molar-refractivity contribution in [3.8, 4) is 0 Å². The summed E-state index contributed by atoms with van der Waals surface area (Å²) in [6.45, 7) is 22.9. The third-order valence-electron chi connectivity index (χ3n) is 7.08. The predicted octanol–water partition coefficient (Wildman–Crippen LogP) is 9.13. The van der Waals surface area contributed by atoms with E-state index in [9.17, 15) is 10.2 Å². The molecule has 3 aromatic carbocycles. The molecule has 44 heavy (non-hydrogen) atoms. The number of rotatable bonds is 10. The van der Waals surface area contributed by atoms with E-state index in [2.05, 4.69) is 70.0 Å². The second-order valence-electron chi connectivity index (χ2n) is 10.8. The van der Waals surface area contributed by atoms with Crippen molar-refractivity contribution in [2.24, 2.45) is 11.5 Å². The van der Waals surface area contributed by atoms with E-state index in [0.717, 1.165) is 17.5 Å². The Hall–Kier alpha value is -4.38. The fourth-order valence-electron chi connectivity index (χ4n) is 4.42.